The number of aromatic nitrogens is 2. The van der Waals surface area contributed by atoms with Crippen molar-refractivity contribution in [3.05, 3.63) is 42.2 Å². The number of nitrogens with zero attached hydrogens (tertiary/aromatic N) is 4. The van der Waals surface area contributed by atoms with E-state index in [1.54, 1.807) is 11.0 Å². The zero-order chi connectivity index (χ0) is 16.2. The molecule has 0 spiro atoms. The molecule has 0 aliphatic carbocycles. The Morgan fingerprint density at radius 1 is 1.04 bits per heavy atom. The number of rotatable bonds is 4. The first-order valence-electron chi connectivity index (χ1n) is 7.14. The molecule has 1 amide bonds. The summed E-state index contributed by atoms with van der Waals surface area (Å²) < 4.78 is 26.2. The number of benzene rings is 1. The highest BCUT2D eigenvalue weighted by atomic mass is 19.2. The average molecular weight is 319 g/mol. The third-order valence-corrected chi connectivity index (χ3v) is 3.63. The first-order valence-corrected chi connectivity index (χ1v) is 7.14. The van der Waals surface area contributed by atoms with Crippen LogP contribution in [0.4, 0.5) is 26.1 Å². The maximum atomic E-state index is 13.2. The standard InChI is InChI=1S/C15H15F2N5O/c16-12-2-1-11(7-13(12)17)20-14-8-15(19-9-18-14)22-5-3-21(10-23)4-6-22/h1-2,7-10H,3-6H2,(H,18,19,20). The molecule has 0 radical (unpaired) electrons. The Hall–Kier alpha value is -2.77. The van der Waals surface area contributed by atoms with Crippen LogP contribution < -0.4 is 10.2 Å². The molecule has 1 aromatic heterocycles. The largest absolute Gasteiger partial charge is 0.353 e. The van der Waals surface area contributed by atoms with Gasteiger partial charge in [0.2, 0.25) is 6.41 Å². The van der Waals surface area contributed by atoms with E-state index >= 15 is 0 Å². The van der Waals surface area contributed by atoms with E-state index in [1.165, 1.54) is 12.4 Å². The predicted octanol–water partition coefficient (Wildman–Crippen LogP) is 1.78. The number of hydrogen-bond donors (Lipinski definition) is 1. The first-order chi connectivity index (χ1) is 11.2. The van der Waals surface area contributed by atoms with Crippen molar-refractivity contribution in [3.63, 3.8) is 0 Å². The number of amides is 1. The molecule has 0 unspecified atom stereocenters. The fraction of sp³-hybridized carbons (Fsp3) is 0.267. The first kappa shape index (κ1) is 15.1. The Kier molecular flexibility index (Phi) is 4.31. The van der Waals surface area contributed by atoms with E-state index in [2.05, 4.69) is 15.3 Å². The lowest BCUT2D eigenvalue weighted by atomic mass is 10.3. The van der Waals surface area contributed by atoms with Crippen molar-refractivity contribution in [1.82, 2.24) is 14.9 Å². The monoisotopic (exact) mass is 319 g/mol. The van der Waals surface area contributed by atoms with Crippen molar-refractivity contribution in [1.29, 1.82) is 0 Å². The van der Waals surface area contributed by atoms with Gasteiger partial charge in [0, 0.05) is 44.0 Å². The third-order valence-electron chi connectivity index (χ3n) is 3.63. The molecule has 1 saturated heterocycles. The summed E-state index contributed by atoms with van der Waals surface area (Å²) in [5.74, 6) is -0.615. The molecule has 1 N–H and O–H groups in total. The number of piperazine rings is 1. The number of halogens is 2. The Balaban J connectivity index is 1.72. The van der Waals surface area contributed by atoms with Gasteiger partial charge >= 0.3 is 0 Å². The second kappa shape index (κ2) is 6.55. The normalized spacial score (nSPS) is 14.7. The van der Waals surface area contributed by atoms with Crippen molar-refractivity contribution in [2.75, 3.05) is 36.4 Å². The molecule has 1 aliphatic rings. The van der Waals surface area contributed by atoms with E-state index in [-0.39, 0.29) is 0 Å². The van der Waals surface area contributed by atoms with Crippen LogP contribution in [0.2, 0.25) is 0 Å². The molecule has 23 heavy (non-hydrogen) atoms. The smallest absolute Gasteiger partial charge is 0.209 e. The van der Waals surface area contributed by atoms with Gasteiger partial charge in [0.05, 0.1) is 0 Å². The fourth-order valence-electron chi connectivity index (χ4n) is 2.37. The minimum absolute atomic E-state index is 0.402. The molecule has 0 saturated carbocycles. The van der Waals surface area contributed by atoms with E-state index in [1.807, 2.05) is 4.90 Å². The molecule has 1 fully saturated rings. The molecule has 0 atom stereocenters. The SMILES string of the molecule is O=CN1CCN(c2cc(Nc3ccc(F)c(F)c3)ncn2)CC1. The molecule has 3 rings (SSSR count). The van der Waals surface area contributed by atoms with Crippen LogP contribution in [0.1, 0.15) is 0 Å². The van der Waals surface area contributed by atoms with Crippen molar-refractivity contribution < 1.29 is 13.6 Å². The fourth-order valence-corrected chi connectivity index (χ4v) is 2.37. The van der Waals surface area contributed by atoms with E-state index in [9.17, 15) is 13.6 Å². The van der Waals surface area contributed by atoms with Crippen molar-refractivity contribution in [3.8, 4) is 0 Å². The summed E-state index contributed by atoms with van der Waals surface area (Å²) >= 11 is 0. The second-order valence-corrected chi connectivity index (χ2v) is 5.14. The Morgan fingerprint density at radius 2 is 1.83 bits per heavy atom. The number of anilines is 3. The maximum absolute atomic E-state index is 13.2. The summed E-state index contributed by atoms with van der Waals surface area (Å²) in [7, 11) is 0. The van der Waals surface area contributed by atoms with Crippen LogP contribution >= 0.6 is 0 Å². The van der Waals surface area contributed by atoms with Crippen molar-refractivity contribution in [2.24, 2.45) is 0 Å². The van der Waals surface area contributed by atoms with Crippen LogP contribution in [-0.4, -0.2) is 47.5 Å². The van der Waals surface area contributed by atoms with Crippen LogP contribution in [0.15, 0.2) is 30.6 Å². The topological polar surface area (TPSA) is 61.4 Å². The minimum Gasteiger partial charge on any atom is -0.353 e. The lowest BCUT2D eigenvalue weighted by Gasteiger charge is -2.33. The lowest BCUT2D eigenvalue weighted by Crippen LogP contribution is -2.46. The van der Waals surface area contributed by atoms with Gasteiger partial charge in [-0.3, -0.25) is 4.79 Å². The molecule has 0 bridgehead atoms. The summed E-state index contributed by atoms with van der Waals surface area (Å²) in [6, 6.07) is 5.29. The number of nitrogens with one attached hydrogen (secondary N) is 1. The number of carbonyl (C=O) groups is 1. The molecular formula is C15H15F2N5O. The maximum Gasteiger partial charge on any atom is 0.209 e. The van der Waals surface area contributed by atoms with Crippen LogP contribution in [0.3, 0.4) is 0 Å². The summed E-state index contributed by atoms with van der Waals surface area (Å²) in [4.78, 5) is 22.8. The average Bonchev–Trinajstić information content (AvgIpc) is 2.58. The Labute approximate surface area is 131 Å². The summed E-state index contributed by atoms with van der Waals surface area (Å²) in [5.41, 5.74) is 0.402. The van der Waals surface area contributed by atoms with E-state index in [4.69, 9.17) is 0 Å². The van der Waals surface area contributed by atoms with Gasteiger partial charge in [-0.1, -0.05) is 0 Å². The van der Waals surface area contributed by atoms with Gasteiger partial charge in [0.1, 0.15) is 18.0 Å². The van der Waals surface area contributed by atoms with Crippen molar-refractivity contribution >= 4 is 23.7 Å². The zero-order valence-corrected chi connectivity index (χ0v) is 12.2. The van der Waals surface area contributed by atoms with Crippen LogP contribution in [0, 0.1) is 11.6 Å². The van der Waals surface area contributed by atoms with E-state index in [0.29, 0.717) is 37.7 Å². The Bertz CT molecular complexity index is 704. The lowest BCUT2D eigenvalue weighted by molar-refractivity contribution is -0.118. The van der Waals surface area contributed by atoms with Gasteiger partial charge in [-0.2, -0.15) is 0 Å². The van der Waals surface area contributed by atoms with Crippen LogP contribution in [-0.2, 0) is 4.79 Å². The molecule has 6 nitrogen and oxygen atoms in total. The van der Waals surface area contributed by atoms with Gasteiger partial charge in [-0.15, -0.1) is 0 Å². The van der Waals surface area contributed by atoms with Gasteiger partial charge < -0.3 is 15.1 Å². The predicted molar refractivity (Wildman–Crippen MR) is 81.5 cm³/mol. The highest BCUT2D eigenvalue weighted by Gasteiger charge is 2.17. The van der Waals surface area contributed by atoms with Gasteiger partial charge in [0.15, 0.2) is 11.6 Å². The molecule has 2 aromatic rings. The summed E-state index contributed by atoms with van der Waals surface area (Å²) in [5, 5.41) is 2.92. The minimum atomic E-state index is -0.922. The summed E-state index contributed by atoms with van der Waals surface area (Å²) in [6.07, 6.45) is 2.25. The third kappa shape index (κ3) is 3.53. The molecule has 8 heteroatoms. The zero-order valence-electron chi connectivity index (χ0n) is 12.2. The highest BCUT2D eigenvalue weighted by molar-refractivity contribution is 5.59. The van der Waals surface area contributed by atoms with Crippen molar-refractivity contribution in [2.45, 2.75) is 0 Å². The molecule has 1 aliphatic heterocycles. The quantitative estimate of drug-likeness (QED) is 0.871. The molecular weight excluding hydrogens is 304 g/mol. The van der Waals surface area contributed by atoms with Gasteiger partial charge in [-0.05, 0) is 12.1 Å². The van der Waals surface area contributed by atoms with Gasteiger partial charge in [-0.25, -0.2) is 18.7 Å². The van der Waals surface area contributed by atoms with Crippen LogP contribution in [0.5, 0.6) is 0 Å². The number of carbonyl (C=O) groups excluding carboxylic acids is 1. The Morgan fingerprint density at radius 3 is 2.52 bits per heavy atom. The summed E-state index contributed by atoms with van der Waals surface area (Å²) in [6.45, 7) is 2.64. The molecule has 2 heterocycles. The van der Waals surface area contributed by atoms with Crippen LogP contribution in [0.25, 0.3) is 0 Å². The molecule has 1 aromatic carbocycles. The highest BCUT2D eigenvalue weighted by Crippen LogP contribution is 2.20. The number of hydrogen-bond acceptors (Lipinski definition) is 5. The van der Waals surface area contributed by atoms with E-state index in [0.717, 1.165) is 24.4 Å². The second-order valence-electron chi connectivity index (χ2n) is 5.14. The molecule has 120 valence electrons. The van der Waals surface area contributed by atoms with Gasteiger partial charge in [0.25, 0.3) is 0 Å². The van der Waals surface area contributed by atoms with E-state index < -0.39 is 11.6 Å².